The van der Waals surface area contributed by atoms with Gasteiger partial charge < -0.3 is 9.80 Å². The number of carbonyl (C=O) groups is 1. The van der Waals surface area contributed by atoms with Crippen LogP contribution in [0.25, 0.3) is 11.0 Å². The molecule has 1 atom stereocenters. The van der Waals surface area contributed by atoms with E-state index in [0.717, 1.165) is 42.4 Å². The number of carbonyl (C=O) groups excluding carboxylic acids is 1. The molecule has 2 aliphatic rings. The standard InChI is InChI=1S/C20H26N4O/c1-14(2)18-13-23(10-9-20(25)24(18)12-15-7-8-15)19-11-21-16-5-3-4-6-17(16)22-19/h3-6,11,14-15,18H,7-10,12-13H2,1-2H3. The van der Waals surface area contributed by atoms with E-state index in [1.165, 1.54) is 12.8 Å². The second-order valence-electron chi connectivity index (χ2n) is 7.71. The van der Waals surface area contributed by atoms with Gasteiger partial charge in [0.25, 0.3) is 0 Å². The van der Waals surface area contributed by atoms with Crippen LogP contribution < -0.4 is 4.90 Å². The highest BCUT2D eigenvalue weighted by atomic mass is 16.2. The number of aromatic nitrogens is 2. The monoisotopic (exact) mass is 338 g/mol. The molecule has 1 unspecified atom stereocenters. The summed E-state index contributed by atoms with van der Waals surface area (Å²) in [4.78, 5) is 26.5. The molecule has 2 aromatic rings. The van der Waals surface area contributed by atoms with Gasteiger partial charge in [0.2, 0.25) is 5.91 Å². The first-order valence-electron chi connectivity index (χ1n) is 9.38. The van der Waals surface area contributed by atoms with Gasteiger partial charge in [0.1, 0.15) is 5.82 Å². The van der Waals surface area contributed by atoms with E-state index in [-0.39, 0.29) is 6.04 Å². The number of amides is 1. The molecule has 1 aromatic heterocycles. The Morgan fingerprint density at radius 1 is 1.20 bits per heavy atom. The summed E-state index contributed by atoms with van der Waals surface area (Å²) in [5, 5.41) is 0. The molecule has 2 fully saturated rings. The molecule has 4 rings (SSSR count). The second-order valence-corrected chi connectivity index (χ2v) is 7.71. The zero-order chi connectivity index (χ0) is 17.4. The number of rotatable bonds is 4. The van der Waals surface area contributed by atoms with Crippen molar-refractivity contribution >= 4 is 22.8 Å². The SMILES string of the molecule is CC(C)C1CN(c2cnc3ccccc3n2)CCC(=O)N1CC1CC1. The molecule has 1 aromatic carbocycles. The van der Waals surface area contributed by atoms with E-state index in [1.54, 1.807) is 0 Å². The summed E-state index contributed by atoms with van der Waals surface area (Å²) in [6.07, 6.45) is 4.95. The lowest BCUT2D eigenvalue weighted by Gasteiger charge is -2.35. The molecule has 0 spiro atoms. The highest BCUT2D eigenvalue weighted by Crippen LogP contribution is 2.32. The zero-order valence-corrected chi connectivity index (χ0v) is 15.1. The third kappa shape index (κ3) is 3.46. The number of nitrogens with zero attached hydrogens (tertiary/aromatic N) is 4. The molecule has 1 amide bonds. The summed E-state index contributed by atoms with van der Waals surface area (Å²) in [6, 6.07) is 8.18. The first kappa shape index (κ1) is 16.3. The van der Waals surface area contributed by atoms with Crippen molar-refractivity contribution in [3.63, 3.8) is 0 Å². The largest absolute Gasteiger partial charge is 0.353 e. The maximum absolute atomic E-state index is 12.7. The lowest BCUT2D eigenvalue weighted by molar-refractivity contribution is -0.133. The van der Waals surface area contributed by atoms with Gasteiger partial charge in [-0.05, 0) is 36.8 Å². The van der Waals surface area contributed by atoms with Gasteiger partial charge in [0, 0.05) is 26.1 Å². The van der Waals surface area contributed by atoms with Crippen molar-refractivity contribution in [1.82, 2.24) is 14.9 Å². The molecule has 132 valence electrons. The molecule has 1 aliphatic heterocycles. The minimum atomic E-state index is 0.240. The Labute approximate surface area is 149 Å². The summed E-state index contributed by atoms with van der Waals surface area (Å²) in [7, 11) is 0. The highest BCUT2D eigenvalue weighted by molar-refractivity contribution is 5.78. The van der Waals surface area contributed by atoms with Crippen molar-refractivity contribution in [3.05, 3.63) is 30.5 Å². The van der Waals surface area contributed by atoms with Gasteiger partial charge in [-0.1, -0.05) is 26.0 Å². The first-order chi connectivity index (χ1) is 12.1. The number of hydrogen-bond acceptors (Lipinski definition) is 4. The van der Waals surface area contributed by atoms with Crippen LogP contribution in [0.15, 0.2) is 30.5 Å². The van der Waals surface area contributed by atoms with Crippen LogP contribution >= 0.6 is 0 Å². The maximum atomic E-state index is 12.7. The van der Waals surface area contributed by atoms with E-state index in [2.05, 4.69) is 28.6 Å². The van der Waals surface area contributed by atoms with Crippen LogP contribution in [0.4, 0.5) is 5.82 Å². The van der Waals surface area contributed by atoms with Gasteiger partial charge in [-0.2, -0.15) is 0 Å². The van der Waals surface area contributed by atoms with Gasteiger partial charge in [0.05, 0.1) is 23.3 Å². The van der Waals surface area contributed by atoms with Gasteiger partial charge >= 0.3 is 0 Å². The molecule has 5 nitrogen and oxygen atoms in total. The van der Waals surface area contributed by atoms with E-state index < -0.39 is 0 Å². The minimum absolute atomic E-state index is 0.240. The van der Waals surface area contributed by atoms with E-state index >= 15 is 0 Å². The fourth-order valence-electron chi connectivity index (χ4n) is 3.67. The molecular weight excluding hydrogens is 312 g/mol. The Morgan fingerprint density at radius 3 is 2.68 bits per heavy atom. The smallest absolute Gasteiger partial charge is 0.224 e. The van der Waals surface area contributed by atoms with E-state index in [0.29, 0.717) is 18.2 Å². The molecule has 0 bridgehead atoms. The summed E-state index contributed by atoms with van der Waals surface area (Å²) >= 11 is 0. The molecule has 25 heavy (non-hydrogen) atoms. The Morgan fingerprint density at radius 2 is 1.96 bits per heavy atom. The molecule has 0 radical (unpaired) electrons. The van der Waals surface area contributed by atoms with Gasteiger partial charge in [-0.3, -0.25) is 9.78 Å². The van der Waals surface area contributed by atoms with Crippen LogP contribution in [0.1, 0.15) is 33.1 Å². The predicted octanol–water partition coefficient (Wildman–Crippen LogP) is 3.10. The molecule has 1 aliphatic carbocycles. The molecular formula is C20H26N4O. The van der Waals surface area contributed by atoms with E-state index in [4.69, 9.17) is 4.98 Å². The number of para-hydroxylation sites is 2. The molecule has 2 heterocycles. The summed E-state index contributed by atoms with van der Waals surface area (Å²) in [5.74, 6) is 2.32. The van der Waals surface area contributed by atoms with Crippen LogP contribution in [-0.4, -0.2) is 46.5 Å². The van der Waals surface area contributed by atoms with Crippen molar-refractivity contribution in [2.45, 2.75) is 39.2 Å². The van der Waals surface area contributed by atoms with E-state index in [1.807, 2.05) is 30.5 Å². The van der Waals surface area contributed by atoms with Crippen LogP contribution in [0, 0.1) is 11.8 Å². The summed E-state index contributed by atoms with van der Waals surface area (Å²) < 4.78 is 0. The van der Waals surface area contributed by atoms with Crippen molar-refractivity contribution in [1.29, 1.82) is 0 Å². The lowest BCUT2D eigenvalue weighted by atomic mass is 10.0. The van der Waals surface area contributed by atoms with Crippen molar-refractivity contribution in [2.75, 3.05) is 24.5 Å². The third-order valence-corrected chi connectivity index (χ3v) is 5.40. The van der Waals surface area contributed by atoms with Gasteiger partial charge in [-0.25, -0.2) is 4.98 Å². The van der Waals surface area contributed by atoms with Crippen molar-refractivity contribution in [3.8, 4) is 0 Å². The first-order valence-corrected chi connectivity index (χ1v) is 9.38. The Balaban J connectivity index is 1.61. The van der Waals surface area contributed by atoms with Crippen LogP contribution in [0.5, 0.6) is 0 Å². The third-order valence-electron chi connectivity index (χ3n) is 5.40. The summed E-state index contributed by atoms with van der Waals surface area (Å²) in [5.41, 5.74) is 1.82. The van der Waals surface area contributed by atoms with Crippen LogP contribution in [0.2, 0.25) is 0 Å². The molecule has 1 saturated heterocycles. The quantitative estimate of drug-likeness (QED) is 0.859. The molecule has 0 N–H and O–H groups in total. The highest BCUT2D eigenvalue weighted by Gasteiger charge is 2.35. The van der Waals surface area contributed by atoms with Crippen LogP contribution in [0.3, 0.4) is 0 Å². The fourth-order valence-corrected chi connectivity index (χ4v) is 3.67. The van der Waals surface area contributed by atoms with Crippen molar-refractivity contribution in [2.24, 2.45) is 11.8 Å². The summed E-state index contributed by atoms with van der Waals surface area (Å²) in [6.45, 7) is 6.92. The second kappa shape index (κ2) is 6.62. The van der Waals surface area contributed by atoms with E-state index in [9.17, 15) is 4.79 Å². The number of fused-ring (bicyclic) bond motifs is 1. The minimum Gasteiger partial charge on any atom is -0.353 e. The number of benzene rings is 1. The average Bonchev–Trinajstić information content (AvgIpc) is 3.44. The Hall–Kier alpha value is -2.17. The van der Waals surface area contributed by atoms with Gasteiger partial charge in [-0.15, -0.1) is 0 Å². The lowest BCUT2D eigenvalue weighted by Crippen LogP contribution is -2.47. The number of anilines is 1. The maximum Gasteiger partial charge on any atom is 0.224 e. The topological polar surface area (TPSA) is 49.3 Å². The zero-order valence-electron chi connectivity index (χ0n) is 15.1. The predicted molar refractivity (Wildman–Crippen MR) is 99.4 cm³/mol. The normalized spacial score (nSPS) is 21.9. The average molecular weight is 338 g/mol. The Bertz CT molecular complexity index is 771. The molecule has 5 heteroatoms. The Kier molecular flexibility index (Phi) is 4.32. The van der Waals surface area contributed by atoms with Crippen molar-refractivity contribution < 1.29 is 4.79 Å². The fraction of sp³-hybridized carbons (Fsp3) is 0.550. The van der Waals surface area contributed by atoms with Crippen LogP contribution in [-0.2, 0) is 4.79 Å². The van der Waals surface area contributed by atoms with Gasteiger partial charge in [0.15, 0.2) is 0 Å². The number of hydrogen-bond donors (Lipinski definition) is 0. The molecule has 1 saturated carbocycles.